The van der Waals surface area contributed by atoms with Gasteiger partial charge in [0.1, 0.15) is 5.75 Å². The van der Waals surface area contributed by atoms with Crippen molar-refractivity contribution in [1.82, 2.24) is 15.1 Å². The van der Waals surface area contributed by atoms with Gasteiger partial charge in [0.2, 0.25) is 0 Å². The zero-order valence-corrected chi connectivity index (χ0v) is 11.8. The molecule has 2 aromatic rings. The Morgan fingerprint density at radius 1 is 1.35 bits per heavy atom. The summed E-state index contributed by atoms with van der Waals surface area (Å²) in [6.07, 6.45) is 3.51. The third-order valence-electron chi connectivity index (χ3n) is 3.05. The molecule has 0 aliphatic heterocycles. The first kappa shape index (κ1) is 14.1. The Bertz CT molecular complexity index is 535. The average molecular weight is 273 g/mol. The summed E-state index contributed by atoms with van der Waals surface area (Å²) in [5.41, 5.74) is 2.15. The molecule has 106 valence electrons. The minimum atomic E-state index is -0.0331. The first-order chi connectivity index (χ1) is 9.69. The van der Waals surface area contributed by atoms with Crippen molar-refractivity contribution in [2.45, 2.75) is 20.4 Å². The number of aryl methyl sites for hydroxylation is 1. The van der Waals surface area contributed by atoms with E-state index in [1.54, 1.807) is 17.3 Å². The number of carbonyl (C=O) groups excluding carboxylic acids is 1. The third kappa shape index (κ3) is 3.85. The number of rotatable bonds is 6. The van der Waals surface area contributed by atoms with Gasteiger partial charge in [-0.25, -0.2) is 0 Å². The fourth-order valence-corrected chi connectivity index (χ4v) is 1.83. The van der Waals surface area contributed by atoms with E-state index in [2.05, 4.69) is 10.2 Å². The lowest BCUT2D eigenvalue weighted by atomic mass is 10.2. The fourth-order valence-electron chi connectivity index (χ4n) is 1.83. The summed E-state index contributed by atoms with van der Waals surface area (Å²) in [6, 6.07) is 7.66. The molecule has 5 heteroatoms. The van der Waals surface area contributed by atoms with Crippen LogP contribution in [0.4, 0.5) is 0 Å². The van der Waals surface area contributed by atoms with Crippen LogP contribution in [0.5, 0.6) is 5.75 Å². The van der Waals surface area contributed by atoms with E-state index < -0.39 is 0 Å². The number of aromatic amines is 1. The largest absolute Gasteiger partial charge is 0.484 e. The lowest BCUT2D eigenvalue weighted by Crippen LogP contribution is -2.34. The molecule has 0 bridgehead atoms. The number of hydrogen-bond donors (Lipinski definition) is 1. The second-order valence-electron chi connectivity index (χ2n) is 4.62. The molecule has 0 fully saturated rings. The summed E-state index contributed by atoms with van der Waals surface area (Å²) in [5, 5.41) is 6.62. The summed E-state index contributed by atoms with van der Waals surface area (Å²) < 4.78 is 5.51. The van der Waals surface area contributed by atoms with Crippen LogP contribution in [0, 0.1) is 6.92 Å². The number of ether oxygens (including phenoxy) is 1. The van der Waals surface area contributed by atoms with Gasteiger partial charge in [-0.2, -0.15) is 5.10 Å². The molecular weight excluding hydrogens is 254 g/mol. The molecule has 1 aromatic carbocycles. The van der Waals surface area contributed by atoms with Gasteiger partial charge in [0, 0.05) is 24.8 Å². The van der Waals surface area contributed by atoms with Crippen LogP contribution in [0.2, 0.25) is 0 Å². The molecule has 0 saturated carbocycles. The lowest BCUT2D eigenvalue weighted by Gasteiger charge is -2.20. The Balaban J connectivity index is 1.87. The third-order valence-corrected chi connectivity index (χ3v) is 3.05. The van der Waals surface area contributed by atoms with Crippen molar-refractivity contribution in [3.63, 3.8) is 0 Å². The lowest BCUT2D eigenvalue weighted by molar-refractivity contribution is -0.133. The van der Waals surface area contributed by atoms with E-state index in [1.165, 1.54) is 5.56 Å². The molecule has 2 rings (SSSR count). The smallest absolute Gasteiger partial charge is 0.260 e. The van der Waals surface area contributed by atoms with Crippen molar-refractivity contribution in [2.24, 2.45) is 0 Å². The average Bonchev–Trinajstić information content (AvgIpc) is 2.97. The first-order valence-electron chi connectivity index (χ1n) is 6.64. The molecule has 1 heterocycles. The van der Waals surface area contributed by atoms with Gasteiger partial charge in [-0.05, 0) is 26.0 Å². The van der Waals surface area contributed by atoms with Crippen LogP contribution in [0.25, 0.3) is 0 Å². The van der Waals surface area contributed by atoms with E-state index in [-0.39, 0.29) is 12.5 Å². The van der Waals surface area contributed by atoms with Crippen molar-refractivity contribution in [3.8, 4) is 5.75 Å². The second kappa shape index (κ2) is 6.75. The number of carbonyl (C=O) groups is 1. The monoisotopic (exact) mass is 273 g/mol. The molecule has 20 heavy (non-hydrogen) atoms. The van der Waals surface area contributed by atoms with Crippen LogP contribution in [0.15, 0.2) is 36.7 Å². The number of amides is 1. The number of aromatic nitrogens is 2. The van der Waals surface area contributed by atoms with E-state index >= 15 is 0 Å². The van der Waals surface area contributed by atoms with Crippen molar-refractivity contribution < 1.29 is 9.53 Å². The zero-order valence-electron chi connectivity index (χ0n) is 11.8. The number of hydrogen-bond acceptors (Lipinski definition) is 3. The van der Waals surface area contributed by atoms with Crippen LogP contribution in [0.3, 0.4) is 0 Å². The van der Waals surface area contributed by atoms with Gasteiger partial charge in [0.15, 0.2) is 6.61 Å². The molecule has 0 atom stereocenters. The maximum atomic E-state index is 12.1. The Hall–Kier alpha value is -2.30. The molecule has 5 nitrogen and oxygen atoms in total. The SMILES string of the molecule is CCN(Cc1cn[nH]c1)C(=O)COc1ccc(C)cc1. The van der Waals surface area contributed by atoms with E-state index in [0.717, 1.165) is 5.56 Å². The highest BCUT2D eigenvalue weighted by Crippen LogP contribution is 2.11. The highest BCUT2D eigenvalue weighted by Gasteiger charge is 2.13. The summed E-state index contributed by atoms with van der Waals surface area (Å²) >= 11 is 0. The minimum Gasteiger partial charge on any atom is -0.484 e. The zero-order chi connectivity index (χ0) is 14.4. The normalized spacial score (nSPS) is 10.3. The van der Waals surface area contributed by atoms with Crippen molar-refractivity contribution in [1.29, 1.82) is 0 Å². The molecule has 1 N–H and O–H groups in total. The van der Waals surface area contributed by atoms with Gasteiger partial charge < -0.3 is 9.64 Å². The van der Waals surface area contributed by atoms with Gasteiger partial charge >= 0.3 is 0 Å². The molecule has 0 aliphatic carbocycles. The number of nitrogens with one attached hydrogen (secondary N) is 1. The summed E-state index contributed by atoms with van der Waals surface area (Å²) in [4.78, 5) is 13.8. The standard InChI is InChI=1S/C15H19N3O2/c1-3-18(10-13-8-16-17-9-13)15(19)11-20-14-6-4-12(2)5-7-14/h4-9H,3,10-11H2,1-2H3,(H,16,17). The van der Waals surface area contributed by atoms with Crippen LogP contribution in [-0.4, -0.2) is 34.2 Å². The predicted molar refractivity (Wildman–Crippen MR) is 76.4 cm³/mol. The summed E-state index contributed by atoms with van der Waals surface area (Å²) in [7, 11) is 0. The number of likely N-dealkylation sites (N-methyl/N-ethyl adjacent to an activating group) is 1. The van der Waals surface area contributed by atoms with E-state index in [0.29, 0.717) is 18.8 Å². The molecule has 0 radical (unpaired) electrons. The molecule has 1 amide bonds. The van der Waals surface area contributed by atoms with Gasteiger partial charge in [-0.1, -0.05) is 17.7 Å². The fraction of sp³-hybridized carbons (Fsp3) is 0.333. The topological polar surface area (TPSA) is 58.2 Å². The van der Waals surface area contributed by atoms with Crippen LogP contribution >= 0.6 is 0 Å². The number of H-pyrrole nitrogens is 1. The van der Waals surface area contributed by atoms with E-state index in [4.69, 9.17) is 4.74 Å². The number of benzene rings is 1. The van der Waals surface area contributed by atoms with Crippen LogP contribution in [-0.2, 0) is 11.3 Å². The summed E-state index contributed by atoms with van der Waals surface area (Å²) in [5.74, 6) is 0.678. The predicted octanol–water partition coefficient (Wildman–Crippen LogP) is 2.15. The van der Waals surface area contributed by atoms with Crippen LogP contribution < -0.4 is 4.74 Å². The second-order valence-corrected chi connectivity index (χ2v) is 4.62. The maximum absolute atomic E-state index is 12.1. The highest BCUT2D eigenvalue weighted by atomic mass is 16.5. The van der Waals surface area contributed by atoms with Gasteiger partial charge in [0.05, 0.1) is 6.20 Å². The summed E-state index contributed by atoms with van der Waals surface area (Å²) in [6.45, 7) is 5.20. The Morgan fingerprint density at radius 2 is 2.10 bits per heavy atom. The van der Waals surface area contributed by atoms with Gasteiger partial charge in [-0.15, -0.1) is 0 Å². The molecule has 0 unspecified atom stereocenters. The van der Waals surface area contributed by atoms with Gasteiger partial charge in [0.25, 0.3) is 5.91 Å². The van der Waals surface area contributed by atoms with E-state index in [9.17, 15) is 4.79 Å². The molecule has 0 spiro atoms. The molecule has 0 aliphatic rings. The Kier molecular flexibility index (Phi) is 4.76. The van der Waals surface area contributed by atoms with E-state index in [1.807, 2.05) is 38.1 Å². The highest BCUT2D eigenvalue weighted by molar-refractivity contribution is 5.77. The Labute approximate surface area is 118 Å². The molecule has 1 aromatic heterocycles. The van der Waals surface area contributed by atoms with Crippen molar-refractivity contribution in [2.75, 3.05) is 13.2 Å². The van der Waals surface area contributed by atoms with Crippen LogP contribution in [0.1, 0.15) is 18.1 Å². The molecular formula is C15H19N3O2. The van der Waals surface area contributed by atoms with Crippen molar-refractivity contribution >= 4 is 5.91 Å². The first-order valence-corrected chi connectivity index (χ1v) is 6.64. The van der Waals surface area contributed by atoms with Crippen molar-refractivity contribution in [3.05, 3.63) is 47.8 Å². The maximum Gasteiger partial charge on any atom is 0.260 e. The quantitative estimate of drug-likeness (QED) is 0.877. The number of nitrogens with zero attached hydrogens (tertiary/aromatic N) is 2. The minimum absolute atomic E-state index is 0.0331. The Morgan fingerprint density at radius 3 is 2.70 bits per heavy atom. The molecule has 0 saturated heterocycles. The van der Waals surface area contributed by atoms with Gasteiger partial charge in [-0.3, -0.25) is 9.89 Å².